The van der Waals surface area contributed by atoms with Gasteiger partial charge in [0.15, 0.2) is 0 Å². The molecule has 2 fully saturated rings. The van der Waals surface area contributed by atoms with Crippen molar-refractivity contribution in [3.8, 4) is 0 Å². The van der Waals surface area contributed by atoms with E-state index in [2.05, 4.69) is 11.8 Å². The molecular weight excluding hydrogens is 264 g/mol. The van der Waals surface area contributed by atoms with Crippen LogP contribution in [0.4, 0.5) is 0 Å². The van der Waals surface area contributed by atoms with Crippen molar-refractivity contribution in [3.63, 3.8) is 0 Å². The van der Waals surface area contributed by atoms with Crippen LogP contribution in [0.5, 0.6) is 0 Å². The summed E-state index contributed by atoms with van der Waals surface area (Å²) in [6, 6.07) is 0.489. The summed E-state index contributed by atoms with van der Waals surface area (Å²) < 4.78 is 0. The number of likely N-dealkylation sites (tertiary alicyclic amines) is 2. The van der Waals surface area contributed by atoms with E-state index < -0.39 is 0 Å². The van der Waals surface area contributed by atoms with E-state index in [0.29, 0.717) is 12.0 Å². The Labute approximate surface area is 129 Å². The molecular formula is C17H32N2O2. The molecule has 0 aromatic carbocycles. The number of carbonyl (C=O) groups is 1. The number of aliphatic hydroxyl groups excluding tert-OH is 1. The van der Waals surface area contributed by atoms with Crippen molar-refractivity contribution >= 4 is 5.91 Å². The van der Waals surface area contributed by atoms with Crippen LogP contribution in [0.1, 0.15) is 53.4 Å². The summed E-state index contributed by atoms with van der Waals surface area (Å²) in [6.07, 6.45) is 3.94. The summed E-state index contributed by atoms with van der Waals surface area (Å²) in [5.41, 5.74) is -0.260. The molecule has 122 valence electrons. The highest BCUT2D eigenvalue weighted by molar-refractivity contribution is 5.81. The highest BCUT2D eigenvalue weighted by atomic mass is 16.3. The average Bonchev–Trinajstić information content (AvgIpc) is 2.41. The number of piperidine rings is 2. The second kappa shape index (κ2) is 6.66. The zero-order valence-electron chi connectivity index (χ0n) is 14.1. The van der Waals surface area contributed by atoms with Gasteiger partial charge in [-0.25, -0.2) is 0 Å². The third-order valence-electron chi connectivity index (χ3n) is 5.02. The molecule has 0 radical (unpaired) electrons. The first-order chi connectivity index (χ1) is 9.77. The summed E-state index contributed by atoms with van der Waals surface area (Å²) in [5, 5.41) is 9.70. The van der Waals surface area contributed by atoms with Crippen LogP contribution in [0.15, 0.2) is 0 Å². The summed E-state index contributed by atoms with van der Waals surface area (Å²) in [4.78, 5) is 16.9. The van der Waals surface area contributed by atoms with Gasteiger partial charge >= 0.3 is 0 Å². The number of nitrogens with zero attached hydrogens (tertiary/aromatic N) is 2. The maximum atomic E-state index is 12.3. The third-order valence-corrected chi connectivity index (χ3v) is 5.02. The molecule has 2 aliphatic heterocycles. The Morgan fingerprint density at radius 2 is 1.76 bits per heavy atom. The quantitative estimate of drug-likeness (QED) is 0.849. The van der Waals surface area contributed by atoms with Crippen LogP contribution < -0.4 is 0 Å². The summed E-state index contributed by atoms with van der Waals surface area (Å²) >= 11 is 0. The van der Waals surface area contributed by atoms with Gasteiger partial charge in [-0.3, -0.25) is 4.79 Å². The van der Waals surface area contributed by atoms with Gasteiger partial charge in [0.2, 0.25) is 5.91 Å². The van der Waals surface area contributed by atoms with Crippen molar-refractivity contribution in [2.75, 3.05) is 26.2 Å². The third kappa shape index (κ3) is 4.43. The molecule has 21 heavy (non-hydrogen) atoms. The van der Waals surface area contributed by atoms with Gasteiger partial charge in [-0.2, -0.15) is 0 Å². The highest BCUT2D eigenvalue weighted by Gasteiger charge is 2.32. The average molecular weight is 296 g/mol. The second-order valence-corrected chi connectivity index (χ2v) is 8.01. The monoisotopic (exact) mass is 296 g/mol. The predicted molar refractivity (Wildman–Crippen MR) is 85.0 cm³/mol. The first kappa shape index (κ1) is 16.8. The number of rotatable bonds is 2. The van der Waals surface area contributed by atoms with Crippen LogP contribution in [-0.2, 0) is 4.79 Å². The van der Waals surface area contributed by atoms with Crippen LogP contribution in [0, 0.1) is 11.3 Å². The highest BCUT2D eigenvalue weighted by Crippen LogP contribution is 2.26. The number of amides is 1. The molecule has 2 aliphatic rings. The van der Waals surface area contributed by atoms with Gasteiger partial charge in [0, 0.05) is 37.6 Å². The fraction of sp³-hybridized carbons (Fsp3) is 0.941. The van der Waals surface area contributed by atoms with Gasteiger partial charge < -0.3 is 14.9 Å². The summed E-state index contributed by atoms with van der Waals surface area (Å²) in [6.45, 7) is 12.2. The van der Waals surface area contributed by atoms with Crippen LogP contribution >= 0.6 is 0 Å². The first-order valence-corrected chi connectivity index (χ1v) is 8.49. The van der Waals surface area contributed by atoms with E-state index in [1.165, 1.54) is 0 Å². The van der Waals surface area contributed by atoms with Crippen molar-refractivity contribution in [1.82, 2.24) is 9.80 Å². The minimum absolute atomic E-state index is 0.109. The van der Waals surface area contributed by atoms with Crippen LogP contribution in [0.25, 0.3) is 0 Å². The molecule has 0 bridgehead atoms. The molecule has 4 heteroatoms. The van der Waals surface area contributed by atoms with Crippen molar-refractivity contribution in [3.05, 3.63) is 0 Å². The van der Waals surface area contributed by atoms with Crippen molar-refractivity contribution in [1.29, 1.82) is 0 Å². The van der Waals surface area contributed by atoms with Gasteiger partial charge in [0.25, 0.3) is 0 Å². The van der Waals surface area contributed by atoms with Gasteiger partial charge in [-0.1, -0.05) is 20.8 Å². The second-order valence-electron chi connectivity index (χ2n) is 8.01. The van der Waals surface area contributed by atoms with Crippen molar-refractivity contribution in [2.24, 2.45) is 11.3 Å². The molecule has 0 aliphatic carbocycles. The van der Waals surface area contributed by atoms with Crippen LogP contribution in [-0.4, -0.2) is 59.1 Å². The Hall–Kier alpha value is -0.610. The van der Waals surface area contributed by atoms with Crippen LogP contribution in [0.3, 0.4) is 0 Å². The molecule has 2 heterocycles. The molecule has 0 aromatic heterocycles. The lowest BCUT2D eigenvalue weighted by molar-refractivity contribution is -0.141. The molecule has 4 nitrogen and oxygen atoms in total. The molecule has 2 saturated heterocycles. The van der Waals surface area contributed by atoms with Crippen LogP contribution in [0.2, 0.25) is 0 Å². The molecule has 0 spiro atoms. The summed E-state index contributed by atoms with van der Waals surface area (Å²) in [7, 11) is 0. The lowest BCUT2D eigenvalue weighted by Crippen LogP contribution is -2.48. The predicted octanol–water partition coefficient (Wildman–Crippen LogP) is 2.12. The topological polar surface area (TPSA) is 43.8 Å². The van der Waals surface area contributed by atoms with E-state index in [9.17, 15) is 9.90 Å². The number of hydrogen-bond acceptors (Lipinski definition) is 3. The number of carbonyl (C=O) groups excluding carboxylic acids is 1. The van der Waals surface area contributed by atoms with Crippen molar-refractivity contribution in [2.45, 2.75) is 65.5 Å². The Balaban J connectivity index is 1.78. The number of hydrogen-bond donors (Lipinski definition) is 1. The minimum Gasteiger partial charge on any atom is -0.393 e. The van der Waals surface area contributed by atoms with E-state index >= 15 is 0 Å². The Bertz CT molecular complexity index is 356. The number of aliphatic hydroxyl groups is 1. The lowest BCUT2D eigenvalue weighted by atomic mass is 9.90. The maximum Gasteiger partial charge on any atom is 0.227 e. The Kier molecular flexibility index (Phi) is 5.31. The first-order valence-electron chi connectivity index (χ1n) is 8.49. The smallest absolute Gasteiger partial charge is 0.227 e. The van der Waals surface area contributed by atoms with Crippen molar-refractivity contribution < 1.29 is 9.90 Å². The van der Waals surface area contributed by atoms with E-state index in [0.717, 1.165) is 51.9 Å². The standard InChI is InChI=1S/C17H32N2O2/c1-13-11-15(20)7-10-19(13)12-14-5-8-18(9-6-14)16(21)17(2,3)4/h13-15,20H,5-12H2,1-4H3. The zero-order chi connectivity index (χ0) is 15.6. The van der Waals surface area contributed by atoms with E-state index in [-0.39, 0.29) is 17.4 Å². The summed E-state index contributed by atoms with van der Waals surface area (Å²) in [5.74, 6) is 0.988. The van der Waals surface area contributed by atoms with Gasteiger partial charge in [0.05, 0.1) is 6.10 Å². The zero-order valence-corrected chi connectivity index (χ0v) is 14.1. The normalized spacial score (nSPS) is 29.7. The van der Waals surface area contributed by atoms with E-state index in [4.69, 9.17) is 0 Å². The lowest BCUT2D eigenvalue weighted by Gasteiger charge is -2.41. The SMILES string of the molecule is CC1CC(O)CCN1CC1CCN(C(=O)C(C)(C)C)CC1. The molecule has 0 aromatic rings. The molecule has 2 rings (SSSR count). The molecule has 2 atom stereocenters. The van der Waals surface area contributed by atoms with E-state index in [1.54, 1.807) is 0 Å². The maximum absolute atomic E-state index is 12.3. The molecule has 0 saturated carbocycles. The van der Waals surface area contributed by atoms with Gasteiger partial charge in [-0.15, -0.1) is 0 Å². The fourth-order valence-electron chi connectivity index (χ4n) is 3.59. The Morgan fingerprint density at radius 1 is 1.14 bits per heavy atom. The molecule has 1 amide bonds. The Morgan fingerprint density at radius 3 is 2.29 bits per heavy atom. The van der Waals surface area contributed by atoms with Gasteiger partial charge in [-0.05, 0) is 38.5 Å². The van der Waals surface area contributed by atoms with E-state index in [1.807, 2.05) is 25.7 Å². The molecule has 2 unspecified atom stereocenters. The largest absolute Gasteiger partial charge is 0.393 e. The van der Waals surface area contributed by atoms with Gasteiger partial charge in [0.1, 0.15) is 0 Å². The molecule has 1 N–H and O–H groups in total. The minimum atomic E-state index is -0.260. The fourth-order valence-corrected chi connectivity index (χ4v) is 3.59.